The highest BCUT2D eigenvalue weighted by molar-refractivity contribution is 6.30. The summed E-state index contributed by atoms with van der Waals surface area (Å²) in [6.45, 7) is 2.08. The first kappa shape index (κ1) is 17.1. The van der Waals surface area contributed by atoms with E-state index in [0.29, 0.717) is 17.3 Å². The number of benzene rings is 1. The van der Waals surface area contributed by atoms with Crippen molar-refractivity contribution in [2.24, 2.45) is 5.92 Å². The Bertz CT molecular complexity index is 704. The molecule has 1 aliphatic rings. The van der Waals surface area contributed by atoms with Crippen molar-refractivity contribution in [3.63, 3.8) is 0 Å². The molecule has 1 aromatic carbocycles. The Morgan fingerprint density at radius 1 is 1.17 bits per heavy atom. The van der Waals surface area contributed by atoms with Gasteiger partial charge in [-0.15, -0.1) is 0 Å². The smallest absolute Gasteiger partial charge is 0.159 e. The van der Waals surface area contributed by atoms with Gasteiger partial charge in [-0.2, -0.15) is 0 Å². The van der Waals surface area contributed by atoms with Crippen LogP contribution < -0.4 is 0 Å². The van der Waals surface area contributed by atoms with E-state index in [1.807, 2.05) is 12.4 Å². The van der Waals surface area contributed by atoms with Gasteiger partial charge in [-0.05, 0) is 74.6 Å². The first-order chi connectivity index (χ1) is 11.7. The van der Waals surface area contributed by atoms with Crippen molar-refractivity contribution in [2.75, 3.05) is 0 Å². The van der Waals surface area contributed by atoms with E-state index in [1.165, 1.54) is 49.8 Å². The van der Waals surface area contributed by atoms with Crippen molar-refractivity contribution in [3.8, 4) is 11.4 Å². The van der Waals surface area contributed by atoms with Crippen LogP contribution in [0.4, 0.5) is 4.39 Å². The third-order valence-electron chi connectivity index (χ3n) is 4.87. The van der Waals surface area contributed by atoms with Gasteiger partial charge < -0.3 is 0 Å². The summed E-state index contributed by atoms with van der Waals surface area (Å²) in [5.74, 6) is 1.45. The van der Waals surface area contributed by atoms with E-state index in [0.717, 1.165) is 5.92 Å². The quantitative estimate of drug-likeness (QED) is 0.619. The van der Waals surface area contributed by atoms with E-state index in [9.17, 15) is 4.39 Å². The minimum Gasteiger partial charge on any atom is -0.236 e. The first-order valence-corrected chi connectivity index (χ1v) is 8.93. The molecule has 0 amide bonds. The van der Waals surface area contributed by atoms with Gasteiger partial charge in [-0.3, -0.25) is 0 Å². The molecule has 1 aliphatic carbocycles. The summed E-state index contributed by atoms with van der Waals surface area (Å²) in [7, 11) is 0. The zero-order valence-corrected chi connectivity index (χ0v) is 14.6. The number of halogens is 2. The molecule has 126 valence electrons. The zero-order chi connectivity index (χ0) is 16.9. The second kappa shape index (κ2) is 7.89. The summed E-state index contributed by atoms with van der Waals surface area (Å²) < 4.78 is 13.6. The lowest BCUT2D eigenvalue weighted by molar-refractivity contribution is 0.327. The molecule has 2 nitrogen and oxygen atoms in total. The fraction of sp³-hybridized carbons (Fsp3) is 0.400. The molecule has 1 fully saturated rings. The average Bonchev–Trinajstić information content (AvgIpc) is 2.63. The predicted molar refractivity (Wildman–Crippen MR) is 96.6 cm³/mol. The highest BCUT2D eigenvalue weighted by Gasteiger charge is 2.22. The molecule has 24 heavy (non-hydrogen) atoms. The minimum absolute atomic E-state index is 0.116. The van der Waals surface area contributed by atoms with Crippen molar-refractivity contribution >= 4 is 11.6 Å². The van der Waals surface area contributed by atoms with E-state index < -0.39 is 5.82 Å². The molecule has 3 rings (SSSR count). The van der Waals surface area contributed by atoms with Crippen molar-refractivity contribution in [1.82, 2.24) is 9.97 Å². The summed E-state index contributed by atoms with van der Waals surface area (Å²) in [5.41, 5.74) is 1.84. The fourth-order valence-electron chi connectivity index (χ4n) is 3.39. The molecule has 0 radical (unpaired) electrons. The van der Waals surface area contributed by atoms with Gasteiger partial charge in [0.2, 0.25) is 0 Å². The molecule has 0 aliphatic heterocycles. The third kappa shape index (κ3) is 4.02. The van der Waals surface area contributed by atoms with Crippen molar-refractivity contribution < 1.29 is 4.39 Å². The Balaban J connectivity index is 1.66. The van der Waals surface area contributed by atoms with Gasteiger partial charge >= 0.3 is 0 Å². The van der Waals surface area contributed by atoms with Crippen LogP contribution >= 0.6 is 11.6 Å². The molecule has 4 heteroatoms. The van der Waals surface area contributed by atoms with Crippen LogP contribution in [-0.2, 0) is 0 Å². The lowest BCUT2D eigenvalue weighted by Gasteiger charge is -2.27. The van der Waals surface area contributed by atoms with E-state index >= 15 is 0 Å². The third-order valence-corrected chi connectivity index (χ3v) is 5.18. The molecular formula is C20H22ClFN2. The number of rotatable bonds is 4. The summed E-state index contributed by atoms with van der Waals surface area (Å²) in [5, 5.41) is 0.116. The topological polar surface area (TPSA) is 25.8 Å². The maximum Gasteiger partial charge on any atom is 0.159 e. The lowest BCUT2D eigenvalue weighted by Crippen LogP contribution is -2.13. The van der Waals surface area contributed by atoms with Gasteiger partial charge in [0.1, 0.15) is 5.82 Å². The van der Waals surface area contributed by atoms with E-state index in [2.05, 4.69) is 29.0 Å². The van der Waals surface area contributed by atoms with E-state index in [1.54, 1.807) is 6.07 Å². The van der Waals surface area contributed by atoms with Crippen LogP contribution in [0.5, 0.6) is 0 Å². The highest BCUT2D eigenvalue weighted by Crippen LogP contribution is 2.37. The number of aromatic nitrogens is 2. The molecule has 0 spiro atoms. The normalized spacial score (nSPS) is 21.3. The monoisotopic (exact) mass is 344 g/mol. The summed E-state index contributed by atoms with van der Waals surface area (Å²) >= 11 is 5.72. The van der Waals surface area contributed by atoms with Crippen LogP contribution in [0.1, 0.15) is 50.5 Å². The summed E-state index contributed by atoms with van der Waals surface area (Å²) in [4.78, 5) is 8.86. The zero-order valence-electron chi connectivity index (χ0n) is 13.9. The van der Waals surface area contributed by atoms with Crippen LogP contribution in [0.2, 0.25) is 5.02 Å². The molecule has 1 saturated carbocycles. The van der Waals surface area contributed by atoms with Gasteiger partial charge in [0.15, 0.2) is 5.82 Å². The molecule has 1 heterocycles. The number of allylic oxidation sites excluding steroid dienone is 2. The standard InChI is InChI=1S/C20H22ClFN2/c1-2-3-4-14-5-7-15(8-6-14)17-12-23-20(24-13-17)16-9-10-18(21)19(22)11-16/h2-3,9-15H,4-8H2,1H3/b3-2+. The van der Waals surface area contributed by atoms with Gasteiger partial charge in [0.05, 0.1) is 5.02 Å². The van der Waals surface area contributed by atoms with Gasteiger partial charge in [-0.1, -0.05) is 23.8 Å². The molecule has 2 aromatic rings. The van der Waals surface area contributed by atoms with Gasteiger partial charge in [-0.25, -0.2) is 14.4 Å². The fourth-order valence-corrected chi connectivity index (χ4v) is 3.51. The Labute approximate surface area is 147 Å². The second-order valence-electron chi connectivity index (χ2n) is 6.49. The van der Waals surface area contributed by atoms with Crippen molar-refractivity contribution in [3.05, 3.63) is 59.1 Å². The average molecular weight is 345 g/mol. The second-order valence-corrected chi connectivity index (χ2v) is 6.90. The van der Waals surface area contributed by atoms with Crippen LogP contribution in [0.15, 0.2) is 42.7 Å². The lowest BCUT2D eigenvalue weighted by atomic mass is 9.78. The van der Waals surface area contributed by atoms with E-state index in [-0.39, 0.29) is 5.02 Å². The van der Waals surface area contributed by atoms with E-state index in [4.69, 9.17) is 11.6 Å². The Hall–Kier alpha value is -1.74. The Kier molecular flexibility index (Phi) is 5.62. The highest BCUT2D eigenvalue weighted by atomic mass is 35.5. The SMILES string of the molecule is C/C=C/CC1CCC(c2cnc(-c3ccc(Cl)c(F)c3)nc2)CC1. The molecule has 0 bridgehead atoms. The van der Waals surface area contributed by atoms with Gasteiger partial charge in [0, 0.05) is 18.0 Å². The maximum atomic E-state index is 13.6. The van der Waals surface area contributed by atoms with Gasteiger partial charge in [0.25, 0.3) is 0 Å². The van der Waals surface area contributed by atoms with Crippen molar-refractivity contribution in [1.29, 1.82) is 0 Å². The molecule has 0 N–H and O–H groups in total. The van der Waals surface area contributed by atoms with Crippen LogP contribution in [0.25, 0.3) is 11.4 Å². The predicted octanol–water partition coefficient (Wildman–Crippen LogP) is 6.18. The summed E-state index contributed by atoms with van der Waals surface area (Å²) in [6, 6.07) is 4.66. The molecule has 0 saturated heterocycles. The molecular weight excluding hydrogens is 323 g/mol. The van der Waals surface area contributed by atoms with Crippen LogP contribution in [-0.4, -0.2) is 9.97 Å². The Morgan fingerprint density at radius 3 is 2.50 bits per heavy atom. The molecule has 1 aromatic heterocycles. The number of hydrogen-bond donors (Lipinski definition) is 0. The minimum atomic E-state index is -0.443. The number of nitrogens with zero attached hydrogens (tertiary/aromatic N) is 2. The Morgan fingerprint density at radius 2 is 1.88 bits per heavy atom. The maximum absolute atomic E-state index is 13.6. The first-order valence-electron chi connectivity index (χ1n) is 8.56. The van der Waals surface area contributed by atoms with Crippen LogP contribution in [0.3, 0.4) is 0 Å². The molecule has 0 atom stereocenters. The van der Waals surface area contributed by atoms with Crippen molar-refractivity contribution in [2.45, 2.75) is 44.9 Å². The largest absolute Gasteiger partial charge is 0.236 e. The van der Waals surface area contributed by atoms with Crippen LogP contribution in [0, 0.1) is 11.7 Å². The number of hydrogen-bond acceptors (Lipinski definition) is 2. The summed E-state index contributed by atoms with van der Waals surface area (Å²) in [6.07, 6.45) is 14.3. The molecule has 0 unspecified atom stereocenters.